The molecule has 1 aromatic carbocycles. The summed E-state index contributed by atoms with van der Waals surface area (Å²) in [5, 5.41) is 0. The first-order valence-corrected chi connectivity index (χ1v) is 8.82. The minimum absolute atomic E-state index is 0.0307. The molecular weight excluding hydrogens is 333 g/mol. The van der Waals surface area contributed by atoms with E-state index in [0.717, 1.165) is 13.0 Å². The van der Waals surface area contributed by atoms with E-state index in [0.29, 0.717) is 44.8 Å². The van der Waals surface area contributed by atoms with Crippen LogP contribution in [0.1, 0.15) is 16.8 Å². The standard InChI is InChI=1S/C20H26FN3O2/c1-3-10-23(11-4-2)19(25)16-22-12-5-13-24(15-14-22)20(26)17-6-8-18(21)9-7-17/h3-4,6-9H,1-2,5,10-16H2. The minimum atomic E-state index is -0.356. The third-order valence-electron chi connectivity index (χ3n) is 4.38. The lowest BCUT2D eigenvalue weighted by molar-refractivity contribution is -0.131. The molecule has 0 bridgehead atoms. The molecule has 0 N–H and O–H groups in total. The zero-order valence-electron chi connectivity index (χ0n) is 15.1. The first kappa shape index (κ1) is 19.8. The monoisotopic (exact) mass is 359 g/mol. The van der Waals surface area contributed by atoms with Crippen LogP contribution >= 0.6 is 0 Å². The summed E-state index contributed by atoms with van der Waals surface area (Å²) in [6.45, 7) is 11.2. The average molecular weight is 359 g/mol. The van der Waals surface area contributed by atoms with Gasteiger partial charge in [-0.1, -0.05) is 12.2 Å². The Labute approximate surface area is 154 Å². The Hall–Kier alpha value is -2.47. The van der Waals surface area contributed by atoms with Crippen LogP contribution in [0, 0.1) is 5.82 Å². The molecule has 0 radical (unpaired) electrons. The number of amides is 2. The van der Waals surface area contributed by atoms with Gasteiger partial charge in [-0.3, -0.25) is 14.5 Å². The Morgan fingerprint density at radius 1 is 1.04 bits per heavy atom. The highest BCUT2D eigenvalue weighted by Gasteiger charge is 2.22. The summed E-state index contributed by atoms with van der Waals surface area (Å²) in [6.07, 6.45) is 4.20. The average Bonchev–Trinajstić information content (AvgIpc) is 2.87. The zero-order valence-corrected chi connectivity index (χ0v) is 15.1. The predicted molar refractivity (Wildman–Crippen MR) is 100 cm³/mol. The third kappa shape index (κ3) is 5.52. The summed E-state index contributed by atoms with van der Waals surface area (Å²) >= 11 is 0. The van der Waals surface area contributed by atoms with Crippen molar-refractivity contribution in [3.63, 3.8) is 0 Å². The second-order valence-electron chi connectivity index (χ2n) is 6.30. The topological polar surface area (TPSA) is 43.9 Å². The fourth-order valence-electron chi connectivity index (χ4n) is 2.99. The van der Waals surface area contributed by atoms with Gasteiger partial charge in [0, 0.05) is 44.8 Å². The molecule has 1 aromatic rings. The molecule has 5 nitrogen and oxygen atoms in total. The zero-order chi connectivity index (χ0) is 18.9. The van der Waals surface area contributed by atoms with Gasteiger partial charge in [0.15, 0.2) is 0 Å². The largest absolute Gasteiger partial charge is 0.337 e. The minimum Gasteiger partial charge on any atom is -0.337 e. The maximum Gasteiger partial charge on any atom is 0.253 e. The van der Waals surface area contributed by atoms with E-state index < -0.39 is 0 Å². The number of carbonyl (C=O) groups is 2. The van der Waals surface area contributed by atoms with E-state index in [1.807, 2.05) is 0 Å². The highest BCUT2D eigenvalue weighted by atomic mass is 19.1. The molecular formula is C20H26FN3O2. The number of nitrogens with zero attached hydrogens (tertiary/aromatic N) is 3. The summed E-state index contributed by atoms with van der Waals surface area (Å²) in [4.78, 5) is 30.5. The van der Waals surface area contributed by atoms with E-state index in [4.69, 9.17) is 0 Å². The first-order chi connectivity index (χ1) is 12.5. The van der Waals surface area contributed by atoms with Gasteiger partial charge in [-0.25, -0.2) is 4.39 Å². The second kappa shape index (κ2) is 9.87. The summed E-state index contributed by atoms with van der Waals surface area (Å²) in [7, 11) is 0. The van der Waals surface area contributed by atoms with E-state index in [1.54, 1.807) is 22.0 Å². The van der Waals surface area contributed by atoms with Gasteiger partial charge in [0.1, 0.15) is 5.82 Å². The number of carbonyl (C=O) groups excluding carboxylic acids is 2. The van der Waals surface area contributed by atoms with Crippen molar-refractivity contribution in [2.75, 3.05) is 45.8 Å². The van der Waals surface area contributed by atoms with Crippen LogP contribution in [0.4, 0.5) is 4.39 Å². The van der Waals surface area contributed by atoms with Crippen LogP contribution in [-0.4, -0.2) is 72.3 Å². The fourth-order valence-corrected chi connectivity index (χ4v) is 2.99. The van der Waals surface area contributed by atoms with E-state index in [9.17, 15) is 14.0 Å². The van der Waals surface area contributed by atoms with E-state index in [-0.39, 0.29) is 17.6 Å². The van der Waals surface area contributed by atoms with Gasteiger partial charge in [-0.15, -0.1) is 13.2 Å². The molecule has 1 heterocycles. The highest BCUT2D eigenvalue weighted by Crippen LogP contribution is 2.11. The Bertz CT molecular complexity index is 635. The van der Waals surface area contributed by atoms with Crippen molar-refractivity contribution in [1.29, 1.82) is 0 Å². The molecule has 0 atom stereocenters. The van der Waals surface area contributed by atoms with Crippen LogP contribution in [0.2, 0.25) is 0 Å². The number of halogens is 1. The molecule has 1 aliphatic heterocycles. The van der Waals surface area contributed by atoms with Gasteiger partial charge in [0.05, 0.1) is 6.54 Å². The van der Waals surface area contributed by atoms with Gasteiger partial charge in [-0.05, 0) is 30.7 Å². The van der Waals surface area contributed by atoms with Crippen molar-refractivity contribution in [1.82, 2.24) is 14.7 Å². The van der Waals surface area contributed by atoms with Gasteiger partial charge >= 0.3 is 0 Å². The van der Waals surface area contributed by atoms with Gasteiger partial charge in [-0.2, -0.15) is 0 Å². The first-order valence-electron chi connectivity index (χ1n) is 8.82. The fraction of sp³-hybridized carbons (Fsp3) is 0.400. The Kier molecular flexibility index (Phi) is 7.53. The molecule has 2 amide bonds. The smallest absolute Gasteiger partial charge is 0.253 e. The molecule has 0 saturated carbocycles. The van der Waals surface area contributed by atoms with Crippen molar-refractivity contribution in [3.8, 4) is 0 Å². The number of hydrogen-bond acceptors (Lipinski definition) is 3. The lowest BCUT2D eigenvalue weighted by Gasteiger charge is -2.25. The SMILES string of the molecule is C=CCN(CC=C)C(=O)CN1CCCN(C(=O)c2ccc(F)cc2)CC1. The van der Waals surface area contributed by atoms with Gasteiger partial charge in [0.25, 0.3) is 5.91 Å². The predicted octanol–water partition coefficient (Wildman–Crippen LogP) is 2.17. The summed E-state index contributed by atoms with van der Waals surface area (Å²) in [5.41, 5.74) is 0.485. The second-order valence-corrected chi connectivity index (χ2v) is 6.30. The Morgan fingerprint density at radius 3 is 2.31 bits per heavy atom. The Balaban J connectivity index is 1.91. The summed E-state index contributed by atoms with van der Waals surface area (Å²) in [5.74, 6) is -0.424. The number of rotatable bonds is 7. The normalized spacial score (nSPS) is 15.2. The van der Waals surface area contributed by atoms with Crippen LogP contribution in [0.5, 0.6) is 0 Å². The molecule has 1 fully saturated rings. The van der Waals surface area contributed by atoms with Crippen molar-refractivity contribution in [3.05, 3.63) is 61.0 Å². The van der Waals surface area contributed by atoms with Crippen LogP contribution in [0.3, 0.4) is 0 Å². The van der Waals surface area contributed by atoms with Gasteiger partial charge in [0.2, 0.25) is 5.91 Å². The lowest BCUT2D eigenvalue weighted by Crippen LogP contribution is -2.42. The molecule has 26 heavy (non-hydrogen) atoms. The molecule has 6 heteroatoms. The third-order valence-corrected chi connectivity index (χ3v) is 4.38. The molecule has 0 unspecified atom stereocenters. The maximum atomic E-state index is 13.0. The molecule has 0 spiro atoms. The van der Waals surface area contributed by atoms with Crippen molar-refractivity contribution < 1.29 is 14.0 Å². The van der Waals surface area contributed by atoms with Crippen molar-refractivity contribution >= 4 is 11.8 Å². The Morgan fingerprint density at radius 2 is 1.69 bits per heavy atom. The lowest BCUT2D eigenvalue weighted by atomic mass is 10.2. The summed E-state index contributed by atoms with van der Waals surface area (Å²) in [6, 6.07) is 5.60. The van der Waals surface area contributed by atoms with Crippen LogP contribution in [-0.2, 0) is 4.79 Å². The molecule has 1 saturated heterocycles. The molecule has 0 aromatic heterocycles. The van der Waals surface area contributed by atoms with Crippen LogP contribution < -0.4 is 0 Å². The number of benzene rings is 1. The van der Waals surface area contributed by atoms with E-state index in [2.05, 4.69) is 18.1 Å². The quantitative estimate of drug-likeness (QED) is 0.701. The highest BCUT2D eigenvalue weighted by molar-refractivity contribution is 5.94. The van der Waals surface area contributed by atoms with Gasteiger partial charge < -0.3 is 9.80 Å². The van der Waals surface area contributed by atoms with Crippen molar-refractivity contribution in [2.24, 2.45) is 0 Å². The maximum absolute atomic E-state index is 13.0. The molecule has 140 valence electrons. The van der Waals surface area contributed by atoms with Crippen LogP contribution in [0.15, 0.2) is 49.6 Å². The van der Waals surface area contributed by atoms with E-state index in [1.165, 1.54) is 24.3 Å². The molecule has 0 aliphatic carbocycles. The van der Waals surface area contributed by atoms with Crippen molar-refractivity contribution in [2.45, 2.75) is 6.42 Å². The molecule has 2 rings (SSSR count). The molecule has 1 aliphatic rings. The van der Waals surface area contributed by atoms with E-state index >= 15 is 0 Å². The number of hydrogen-bond donors (Lipinski definition) is 0. The van der Waals surface area contributed by atoms with Crippen LogP contribution in [0.25, 0.3) is 0 Å². The summed E-state index contributed by atoms with van der Waals surface area (Å²) < 4.78 is 13.0.